The average Bonchev–Trinajstić information content (AvgIpc) is 2.84. The molecule has 0 spiro atoms. The van der Waals surface area contributed by atoms with E-state index in [4.69, 9.17) is 4.74 Å². The topological polar surface area (TPSA) is 29.5 Å². The molecule has 1 amide bonds. The summed E-state index contributed by atoms with van der Waals surface area (Å²) in [6, 6.07) is 1.89. The first-order chi connectivity index (χ1) is 7.72. The largest absolute Gasteiger partial charge is 0.371 e. The molecule has 0 saturated carbocycles. The number of fused-ring (bicyclic) bond motifs is 2. The fourth-order valence-electron chi connectivity index (χ4n) is 2.39. The zero-order valence-corrected chi connectivity index (χ0v) is 11.1. The third-order valence-electron chi connectivity index (χ3n) is 3.15. The number of likely N-dealkylation sites (tertiary alicyclic amines) is 1. The number of ether oxygens (including phenoxy) is 1. The van der Waals surface area contributed by atoms with Gasteiger partial charge in [-0.2, -0.15) is 0 Å². The Balaban J connectivity index is 1.76. The molecule has 0 radical (unpaired) electrons. The molecule has 2 bridgehead atoms. The van der Waals surface area contributed by atoms with Crippen LogP contribution in [0, 0.1) is 0 Å². The van der Waals surface area contributed by atoms with E-state index >= 15 is 0 Å². The minimum absolute atomic E-state index is 0.141. The Bertz CT molecular complexity index is 408. The summed E-state index contributed by atoms with van der Waals surface area (Å²) in [7, 11) is 0. The molecule has 5 heteroatoms. The number of hydrogen-bond donors (Lipinski definition) is 0. The van der Waals surface area contributed by atoms with Gasteiger partial charge in [0.05, 0.1) is 21.6 Å². The highest BCUT2D eigenvalue weighted by molar-refractivity contribution is 9.11. The van der Waals surface area contributed by atoms with Gasteiger partial charge in [-0.3, -0.25) is 4.79 Å². The summed E-state index contributed by atoms with van der Waals surface area (Å²) in [5.41, 5.74) is 0.790. The molecule has 86 valence electrons. The highest BCUT2D eigenvalue weighted by Gasteiger charge is 2.36. The molecule has 3 rings (SSSR count). The molecule has 0 N–H and O–H groups in total. The van der Waals surface area contributed by atoms with E-state index in [9.17, 15) is 4.79 Å². The molecular weight excluding hydrogens is 290 g/mol. The number of carbonyl (C=O) groups is 1. The Kier molecular flexibility index (Phi) is 2.77. The summed E-state index contributed by atoms with van der Waals surface area (Å²) < 4.78 is 6.72. The number of hydrogen-bond acceptors (Lipinski definition) is 3. The Morgan fingerprint density at radius 2 is 2.12 bits per heavy atom. The number of halogens is 1. The standard InChI is InChI=1S/C11H12BrNO2S/c12-10-3-7(6-16-10)11(14)13-4-8-1-2-9(5-13)15-8/h3,6,8-9H,1-2,4-5H2. The minimum Gasteiger partial charge on any atom is -0.371 e. The lowest BCUT2D eigenvalue weighted by Gasteiger charge is -2.31. The van der Waals surface area contributed by atoms with Crippen molar-refractivity contribution < 1.29 is 9.53 Å². The maximum Gasteiger partial charge on any atom is 0.254 e. The van der Waals surface area contributed by atoms with E-state index in [2.05, 4.69) is 15.9 Å². The Labute approximate surface area is 107 Å². The molecule has 3 nitrogen and oxygen atoms in total. The van der Waals surface area contributed by atoms with Crippen molar-refractivity contribution in [2.24, 2.45) is 0 Å². The van der Waals surface area contributed by atoms with Gasteiger partial charge in [-0.1, -0.05) is 0 Å². The van der Waals surface area contributed by atoms with E-state index in [1.165, 1.54) is 0 Å². The van der Waals surface area contributed by atoms with Crippen LogP contribution in [0.1, 0.15) is 23.2 Å². The third-order valence-corrected chi connectivity index (χ3v) is 4.65. The molecule has 0 aromatic carbocycles. The summed E-state index contributed by atoms with van der Waals surface area (Å²) in [6.07, 6.45) is 2.73. The van der Waals surface area contributed by atoms with E-state index in [0.29, 0.717) is 0 Å². The predicted octanol–water partition coefficient (Wildman–Crippen LogP) is 2.51. The molecule has 16 heavy (non-hydrogen) atoms. The van der Waals surface area contributed by atoms with Crippen LogP contribution in [0.5, 0.6) is 0 Å². The Hall–Kier alpha value is -0.390. The number of morpholine rings is 1. The molecule has 2 atom stereocenters. The van der Waals surface area contributed by atoms with E-state index in [-0.39, 0.29) is 18.1 Å². The zero-order valence-electron chi connectivity index (χ0n) is 8.69. The van der Waals surface area contributed by atoms with Crippen molar-refractivity contribution in [1.29, 1.82) is 0 Å². The molecule has 2 saturated heterocycles. The van der Waals surface area contributed by atoms with Gasteiger partial charge in [0.1, 0.15) is 0 Å². The van der Waals surface area contributed by atoms with Gasteiger partial charge in [0, 0.05) is 18.5 Å². The van der Waals surface area contributed by atoms with Gasteiger partial charge in [-0.25, -0.2) is 0 Å². The number of thiophene rings is 1. The van der Waals surface area contributed by atoms with Crippen molar-refractivity contribution in [1.82, 2.24) is 4.90 Å². The molecule has 1 aromatic heterocycles. The highest BCUT2D eigenvalue weighted by atomic mass is 79.9. The highest BCUT2D eigenvalue weighted by Crippen LogP contribution is 2.28. The lowest BCUT2D eigenvalue weighted by Crippen LogP contribution is -2.45. The molecule has 1 aromatic rings. The SMILES string of the molecule is O=C(c1csc(Br)c1)N1CC2CCC(C1)O2. The Morgan fingerprint density at radius 3 is 2.69 bits per heavy atom. The van der Waals surface area contributed by atoms with Crippen LogP contribution in [0.2, 0.25) is 0 Å². The minimum atomic E-state index is 0.141. The summed E-state index contributed by atoms with van der Waals surface area (Å²) in [5.74, 6) is 0.141. The summed E-state index contributed by atoms with van der Waals surface area (Å²) >= 11 is 4.94. The average molecular weight is 302 g/mol. The summed E-state index contributed by atoms with van der Waals surface area (Å²) in [5, 5.41) is 1.91. The fourth-order valence-corrected chi connectivity index (χ4v) is 3.52. The van der Waals surface area contributed by atoms with E-state index in [1.807, 2.05) is 16.3 Å². The maximum absolute atomic E-state index is 12.2. The van der Waals surface area contributed by atoms with Crippen molar-refractivity contribution >= 4 is 33.2 Å². The van der Waals surface area contributed by atoms with Gasteiger partial charge >= 0.3 is 0 Å². The molecule has 3 heterocycles. The van der Waals surface area contributed by atoms with Crippen LogP contribution >= 0.6 is 27.3 Å². The monoisotopic (exact) mass is 301 g/mol. The van der Waals surface area contributed by atoms with Gasteiger partial charge in [0.25, 0.3) is 5.91 Å². The van der Waals surface area contributed by atoms with Crippen LogP contribution in [0.3, 0.4) is 0 Å². The first kappa shape index (κ1) is 10.7. The van der Waals surface area contributed by atoms with Crippen molar-refractivity contribution in [2.45, 2.75) is 25.0 Å². The molecule has 2 unspecified atom stereocenters. The lowest BCUT2D eigenvalue weighted by atomic mass is 10.2. The van der Waals surface area contributed by atoms with Gasteiger partial charge in [0.15, 0.2) is 0 Å². The second-order valence-electron chi connectivity index (χ2n) is 4.31. The number of nitrogens with zero attached hydrogens (tertiary/aromatic N) is 1. The molecule has 2 aliphatic rings. The first-order valence-electron chi connectivity index (χ1n) is 5.41. The second-order valence-corrected chi connectivity index (χ2v) is 6.60. The van der Waals surface area contributed by atoms with E-state index < -0.39 is 0 Å². The number of amides is 1. The van der Waals surface area contributed by atoms with Crippen LogP contribution in [0.4, 0.5) is 0 Å². The molecule has 2 aliphatic heterocycles. The van der Waals surface area contributed by atoms with Crippen LogP contribution in [-0.2, 0) is 4.74 Å². The summed E-state index contributed by atoms with van der Waals surface area (Å²) in [6.45, 7) is 1.51. The third kappa shape index (κ3) is 1.92. The number of carbonyl (C=O) groups excluding carboxylic acids is 1. The normalized spacial score (nSPS) is 28.4. The van der Waals surface area contributed by atoms with Crippen molar-refractivity contribution in [2.75, 3.05) is 13.1 Å². The fraction of sp³-hybridized carbons (Fsp3) is 0.545. The van der Waals surface area contributed by atoms with Crippen molar-refractivity contribution in [3.05, 3.63) is 20.8 Å². The van der Waals surface area contributed by atoms with Gasteiger partial charge < -0.3 is 9.64 Å². The van der Waals surface area contributed by atoms with E-state index in [0.717, 1.165) is 35.3 Å². The van der Waals surface area contributed by atoms with Crippen LogP contribution in [0.25, 0.3) is 0 Å². The Morgan fingerprint density at radius 1 is 1.44 bits per heavy atom. The van der Waals surface area contributed by atoms with Crippen LogP contribution < -0.4 is 0 Å². The van der Waals surface area contributed by atoms with Crippen molar-refractivity contribution in [3.63, 3.8) is 0 Å². The summed E-state index contributed by atoms with van der Waals surface area (Å²) in [4.78, 5) is 14.1. The maximum atomic E-state index is 12.2. The van der Waals surface area contributed by atoms with E-state index in [1.54, 1.807) is 11.3 Å². The second kappa shape index (κ2) is 4.13. The molecular formula is C11H12BrNO2S. The molecule has 0 aliphatic carbocycles. The van der Waals surface area contributed by atoms with Gasteiger partial charge in [0.2, 0.25) is 0 Å². The van der Waals surface area contributed by atoms with Crippen LogP contribution in [0.15, 0.2) is 15.2 Å². The first-order valence-corrected chi connectivity index (χ1v) is 7.08. The van der Waals surface area contributed by atoms with Gasteiger partial charge in [-0.05, 0) is 34.8 Å². The predicted molar refractivity (Wildman–Crippen MR) is 65.8 cm³/mol. The zero-order chi connectivity index (χ0) is 11.1. The van der Waals surface area contributed by atoms with Crippen molar-refractivity contribution in [3.8, 4) is 0 Å². The molecule has 2 fully saturated rings. The van der Waals surface area contributed by atoms with Crippen LogP contribution in [-0.4, -0.2) is 36.1 Å². The lowest BCUT2D eigenvalue weighted by molar-refractivity contribution is -0.0303. The smallest absolute Gasteiger partial charge is 0.254 e. The quantitative estimate of drug-likeness (QED) is 0.798. The number of rotatable bonds is 1. The van der Waals surface area contributed by atoms with Gasteiger partial charge in [-0.15, -0.1) is 11.3 Å².